The summed E-state index contributed by atoms with van der Waals surface area (Å²) in [7, 11) is 0. The maximum absolute atomic E-state index is 2.67. The molecule has 0 radical (unpaired) electrons. The van der Waals surface area contributed by atoms with Crippen LogP contribution in [0.15, 0.2) is 12.2 Å². The third kappa shape index (κ3) is 3.88. The van der Waals surface area contributed by atoms with Crippen molar-refractivity contribution in [2.24, 2.45) is 35.0 Å². The van der Waals surface area contributed by atoms with Crippen LogP contribution in [-0.4, -0.2) is 0 Å². The summed E-state index contributed by atoms with van der Waals surface area (Å²) in [5.41, 5.74) is 0.693. The maximum Gasteiger partial charge on any atom is -0.0231 e. The predicted molar refractivity (Wildman–Crippen MR) is 104 cm³/mol. The number of unbranched alkanes of at least 4 members (excludes halogenated alkanes) is 3. The molecule has 0 spiro atoms. The van der Waals surface area contributed by atoms with Crippen molar-refractivity contribution in [3.63, 3.8) is 0 Å². The molecule has 2 fully saturated rings. The monoisotopic (exact) mass is 318 g/mol. The fourth-order valence-electron chi connectivity index (χ4n) is 6.30. The highest BCUT2D eigenvalue weighted by atomic mass is 14.6. The zero-order valence-electron chi connectivity index (χ0n) is 16.6. The molecule has 0 aromatic carbocycles. The first-order valence-electron chi connectivity index (χ1n) is 10.8. The van der Waals surface area contributed by atoms with Gasteiger partial charge in [-0.25, -0.2) is 0 Å². The Balaban J connectivity index is 0.000000924. The molecular weight excluding hydrogens is 276 g/mol. The van der Waals surface area contributed by atoms with Crippen LogP contribution in [0.4, 0.5) is 0 Å². The van der Waals surface area contributed by atoms with Crippen molar-refractivity contribution >= 4 is 0 Å². The van der Waals surface area contributed by atoms with Gasteiger partial charge in [0.05, 0.1) is 0 Å². The molecule has 134 valence electrons. The van der Waals surface area contributed by atoms with Crippen molar-refractivity contribution in [1.29, 1.82) is 0 Å². The molecule has 2 saturated carbocycles. The number of hydrogen-bond donors (Lipinski definition) is 0. The van der Waals surface area contributed by atoms with Crippen molar-refractivity contribution in [3.8, 4) is 0 Å². The molecule has 3 aliphatic rings. The second-order valence-corrected chi connectivity index (χ2v) is 8.63. The Morgan fingerprint density at radius 1 is 1.00 bits per heavy atom. The van der Waals surface area contributed by atoms with Crippen molar-refractivity contribution in [1.82, 2.24) is 0 Å². The third-order valence-corrected chi connectivity index (χ3v) is 7.62. The molecule has 3 aliphatic carbocycles. The Morgan fingerprint density at radius 2 is 1.78 bits per heavy atom. The lowest BCUT2D eigenvalue weighted by Gasteiger charge is -2.51. The van der Waals surface area contributed by atoms with Gasteiger partial charge in [-0.3, -0.25) is 0 Å². The molecule has 0 aliphatic heterocycles. The van der Waals surface area contributed by atoms with E-state index in [9.17, 15) is 0 Å². The minimum Gasteiger partial charge on any atom is -0.0880 e. The van der Waals surface area contributed by atoms with Gasteiger partial charge in [0.2, 0.25) is 0 Å². The summed E-state index contributed by atoms with van der Waals surface area (Å²) in [4.78, 5) is 0. The Bertz CT molecular complexity index is 368. The second-order valence-electron chi connectivity index (χ2n) is 8.63. The van der Waals surface area contributed by atoms with Gasteiger partial charge in [-0.15, -0.1) is 0 Å². The average molecular weight is 319 g/mol. The van der Waals surface area contributed by atoms with Crippen LogP contribution in [0.25, 0.3) is 0 Å². The minimum atomic E-state index is 0.693. The minimum absolute atomic E-state index is 0.693. The molecule has 0 heterocycles. The molecule has 0 heteroatoms. The van der Waals surface area contributed by atoms with Gasteiger partial charge in [-0.05, 0) is 73.5 Å². The van der Waals surface area contributed by atoms with Gasteiger partial charge >= 0.3 is 0 Å². The van der Waals surface area contributed by atoms with Gasteiger partial charge in [0.15, 0.2) is 0 Å². The summed E-state index contributed by atoms with van der Waals surface area (Å²) in [6.45, 7) is 11.5. The van der Waals surface area contributed by atoms with Crippen LogP contribution in [0.5, 0.6) is 0 Å². The zero-order chi connectivity index (χ0) is 16.9. The summed E-state index contributed by atoms with van der Waals surface area (Å²) in [6.07, 6.45) is 19.8. The van der Waals surface area contributed by atoms with Crippen molar-refractivity contribution in [2.45, 2.75) is 98.8 Å². The summed E-state index contributed by atoms with van der Waals surface area (Å²) in [5, 5.41) is 0. The molecule has 0 N–H and O–H groups in total. The van der Waals surface area contributed by atoms with E-state index in [1.54, 1.807) is 0 Å². The molecule has 0 nitrogen and oxygen atoms in total. The van der Waals surface area contributed by atoms with Crippen molar-refractivity contribution in [2.75, 3.05) is 0 Å². The van der Waals surface area contributed by atoms with E-state index < -0.39 is 0 Å². The van der Waals surface area contributed by atoms with E-state index in [1.807, 2.05) is 13.8 Å². The highest BCUT2D eigenvalue weighted by Crippen LogP contribution is 2.62. The molecule has 0 amide bonds. The molecular formula is C23H42. The third-order valence-electron chi connectivity index (χ3n) is 7.62. The number of allylic oxidation sites excluding steroid dienone is 2. The Kier molecular flexibility index (Phi) is 7.23. The number of hydrogen-bond acceptors (Lipinski definition) is 0. The van der Waals surface area contributed by atoms with E-state index in [0.29, 0.717) is 5.41 Å². The normalized spacial score (nSPS) is 41.7. The fraction of sp³-hybridized carbons (Fsp3) is 0.913. The van der Waals surface area contributed by atoms with Gasteiger partial charge < -0.3 is 0 Å². The van der Waals surface area contributed by atoms with E-state index in [2.05, 4.69) is 32.9 Å². The van der Waals surface area contributed by atoms with Crippen LogP contribution in [0.2, 0.25) is 0 Å². The molecule has 23 heavy (non-hydrogen) atoms. The first kappa shape index (κ1) is 19.1. The summed E-state index contributed by atoms with van der Waals surface area (Å²) in [5.74, 6) is 4.95. The van der Waals surface area contributed by atoms with Crippen LogP contribution < -0.4 is 0 Å². The first-order valence-corrected chi connectivity index (χ1v) is 10.8. The first-order chi connectivity index (χ1) is 11.2. The van der Waals surface area contributed by atoms with Crippen molar-refractivity contribution < 1.29 is 0 Å². The van der Waals surface area contributed by atoms with Crippen molar-refractivity contribution in [3.05, 3.63) is 12.2 Å². The van der Waals surface area contributed by atoms with Gasteiger partial charge in [-0.1, -0.05) is 72.5 Å². The molecule has 0 bridgehead atoms. The highest BCUT2D eigenvalue weighted by molar-refractivity contribution is 5.09. The van der Waals surface area contributed by atoms with E-state index in [1.165, 1.54) is 64.2 Å². The van der Waals surface area contributed by atoms with E-state index in [0.717, 1.165) is 29.6 Å². The molecule has 0 aromatic rings. The fourth-order valence-corrected chi connectivity index (χ4v) is 6.30. The van der Waals surface area contributed by atoms with Gasteiger partial charge in [0, 0.05) is 0 Å². The molecule has 0 saturated heterocycles. The van der Waals surface area contributed by atoms with Crippen LogP contribution in [-0.2, 0) is 0 Å². The van der Waals surface area contributed by atoms with E-state index in [-0.39, 0.29) is 0 Å². The number of fused-ring (bicyclic) bond motifs is 3. The summed E-state index contributed by atoms with van der Waals surface area (Å²) in [6, 6.07) is 0. The van der Waals surface area contributed by atoms with Gasteiger partial charge in [0.25, 0.3) is 0 Å². The smallest absolute Gasteiger partial charge is 0.0231 e. The average Bonchev–Trinajstić information content (AvgIpc) is 2.91. The Morgan fingerprint density at radius 3 is 2.52 bits per heavy atom. The van der Waals surface area contributed by atoms with Gasteiger partial charge in [-0.2, -0.15) is 0 Å². The summed E-state index contributed by atoms with van der Waals surface area (Å²) < 4.78 is 0. The quantitative estimate of drug-likeness (QED) is 0.361. The van der Waals surface area contributed by atoms with E-state index in [4.69, 9.17) is 0 Å². The summed E-state index contributed by atoms with van der Waals surface area (Å²) >= 11 is 0. The topological polar surface area (TPSA) is 0 Å². The lowest BCUT2D eigenvalue weighted by atomic mass is 9.54. The zero-order valence-corrected chi connectivity index (χ0v) is 16.6. The van der Waals surface area contributed by atoms with E-state index >= 15 is 0 Å². The lowest BCUT2D eigenvalue weighted by molar-refractivity contribution is -0.00510. The maximum atomic E-state index is 2.67. The second kappa shape index (κ2) is 8.72. The molecule has 6 unspecified atom stereocenters. The molecule has 6 atom stereocenters. The highest BCUT2D eigenvalue weighted by Gasteiger charge is 2.53. The predicted octanol–water partition coefficient (Wildman–Crippen LogP) is 7.64. The van der Waals surface area contributed by atoms with Gasteiger partial charge in [0.1, 0.15) is 0 Å². The van der Waals surface area contributed by atoms with Crippen LogP contribution in [0.1, 0.15) is 98.8 Å². The lowest BCUT2D eigenvalue weighted by Crippen LogP contribution is -2.43. The molecule has 3 rings (SSSR count). The van der Waals surface area contributed by atoms with Crippen LogP contribution in [0, 0.1) is 35.0 Å². The number of rotatable bonds is 5. The van der Waals surface area contributed by atoms with Crippen LogP contribution >= 0.6 is 0 Å². The SMILES string of the molecule is CC.CCCCCCC1CCC2C3CC=CC(C)C3CCC12C. The largest absolute Gasteiger partial charge is 0.0880 e. The standard InChI is InChI=1S/C21H36.C2H6/c1-4-5-6-7-10-17-12-13-20-19-11-8-9-16(2)18(19)14-15-21(17,20)3;1-2/h8-9,16-20H,4-7,10-15H2,1-3H3;1-2H3. The Hall–Kier alpha value is -0.260. The van der Waals surface area contributed by atoms with Crippen LogP contribution in [0.3, 0.4) is 0 Å². The molecule has 0 aromatic heterocycles. The Labute approximate surface area is 146 Å².